The number of benzene rings is 1. The number of carboxylic acid groups (broad SMARTS) is 1. The minimum Gasteiger partial charge on any atom is -0.480 e. The Morgan fingerprint density at radius 2 is 1.79 bits per heavy atom. The summed E-state index contributed by atoms with van der Waals surface area (Å²) in [6.07, 6.45) is 2.38. The van der Waals surface area contributed by atoms with E-state index in [9.17, 15) is 19.5 Å². The fraction of sp³-hybridized carbons (Fsp3) is 0.550. The van der Waals surface area contributed by atoms with Crippen molar-refractivity contribution in [3.8, 4) is 0 Å². The number of likely N-dealkylation sites (tertiary alicyclic amines) is 1. The molecule has 0 aromatic heterocycles. The van der Waals surface area contributed by atoms with Crippen LogP contribution in [0.25, 0.3) is 0 Å². The third-order valence-electron chi connectivity index (χ3n) is 5.23. The van der Waals surface area contributed by atoms with Crippen molar-refractivity contribution in [2.75, 3.05) is 39.4 Å². The van der Waals surface area contributed by atoms with E-state index < -0.39 is 12.0 Å². The number of piperidine rings is 1. The Kier molecular flexibility index (Phi) is 7.00. The highest BCUT2D eigenvalue weighted by atomic mass is 16.5. The maximum Gasteiger partial charge on any atom is 0.320 e. The van der Waals surface area contributed by atoms with Crippen LogP contribution in [0.2, 0.25) is 0 Å². The molecular weight excluding hydrogens is 362 g/mol. The maximum atomic E-state index is 12.4. The van der Waals surface area contributed by atoms with Gasteiger partial charge in [0.25, 0.3) is 5.91 Å². The van der Waals surface area contributed by atoms with E-state index in [0.29, 0.717) is 51.4 Å². The van der Waals surface area contributed by atoms with Gasteiger partial charge < -0.3 is 20.1 Å². The smallest absolute Gasteiger partial charge is 0.320 e. The number of carbonyl (C=O) groups excluding carboxylic acids is 2. The normalized spacial score (nSPS) is 20.6. The lowest BCUT2D eigenvalue weighted by Crippen LogP contribution is -2.48. The molecule has 8 heteroatoms. The summed E-state index contributed by atoms with van der Waals surface area (Å²) < 4.78 is 5.26. The second-order valence-corrected chi connectivity index (χ2v) is 7.20. The van der Waals surface area contributed by atoms with Gasteiger partial charge in [0.1, 0.15) is 6.04 Å². The van der Waals surface area contributed by atoms with Gasteiger partial charge in [-0.15, -0.1) is 0 Å². The molecular formula is C20H27N3O5. The maximum absolute atomic E-state index is 12.4. The Bertz CT molecular complexity index is 700. The quantitative estimate of drug-likeness (QED) is 0.744. The van der Waals surface area contributed by atoms with E-state index in [1.165, 1.54) is 0 Å². The summed E-state index contributed by atoms with van der Waals surface area (Å²) in [5, 5.41) is 12.1. The summed E-state index contributed by atoms with van der Waals surface area (Å²) in [6.45, 7) is 3.39. The van der Waals surface area contributed by atoms with E-state index in [-0.39, 0.29) is 18.4 Å². The van der Waals surface area contributed by atoms with Crippen LogP contribution in [0.15, 0.2) is 24.3 Å². The zero-order chi connectivity index (χ0) is 19.9. The minimum absolute atomic E-state index is 0.0105. The number of nitrogens with one attached hydrogen (secondary N) is 1. The van der Waals surface area contributed by atoms with Crippen LogP contribution in [-0.2, 0) is 20.9 Å². The van der Waals surface area contributed by atoms with Crippen LogP contribution in [0.5, 0.6) is 0 Å². The van der Waals surface area contributed by atoms with E-state index in [1.54, 1.807) is 21.9 Å². The first kappa shape index (κ1) is 20.3. The van der Waals surface area contributed by atoms with E-state index in [1.807, 2.05) is 12.1 Å². The van der Waals surface area contributed by atoms with Gasteiger partial charge in [0.2, 0.25) is 5.91 Å². The lowest BCUT2D eigenvalue weighted by atomic mass is 10.0. The monoisotopic (exact) mass is 389 g/mol. The first-order valence-corrected chi connectivity index (χ1v) is 9.74. The molecule has 8 nitrogen and oxygen atoms in total. The van der Waals surface area contributed by atoms with Crippen molar-refractivity contribution < 1.29 is 24.2 Å². The summed E-state index contributed by atoms with van der Waals surface area (Å²) in [5.74, 6) is -1.07. The number of amides is 2. The molecule has 0 aliphatic carbocycles. The molecule has 152 valence electrons. The predicted octanol–water partition coefficient (Wildman–Crippen LogP) is 0.714. The van der Waals surface area contributed by atoms with Gasteiger partial charge in [-0.2, -0.15) is 0 Å². The number of carboxylic acids is 1. The molecule has 2 aliphatic heterocycles. The zero-order valence-corrected chi connectivity index (χ0v) is 15.9. The summed E-state index contributed by atoms with van der Waals surface area (Å²) in [7, 11) is 0. The molecule has 1 aromatic carbocycles. The average molecular weight is 389 g/mol. The van der Waals surface area contributed by atoms with Gasteiger partial charge in [-0.3, -0.25) is 19.3 Å². The number of hydrogen-bond donors (Lipinski definition) is 2. The summed E-state index contributed by atoms with van der Waals surface area (Å²) in [5.41, 5.74) is 1.51. The molecule has 2 N–H and O–H groups in total. The van der Waals surface area contributed by atoms with Crippen molar-refractivity contribution in [1.29, 1.82) is 0 Å². The number of nitrogens with zero attached hydrogens (tertiary/aromatic N) is 2. The number of carbonyl (C=O) groups is 3. The van der Waals surface area contributed by atoms with Crippen molar-refractivity contribution in [3.63, 3.8) is 0 Å². The van der Waals surface area contributed by atoms with Gasteiger partial charge in [-0.25, -0.2) is 0 Å². The summed E-state index contributed by atoms with van der Waals surface area (Å²) in [6, 6.07) is 6.61. The summed E-state index contributed by atoms with van der Waals surface area (Å²) in [4.78, 5) is 39.5. The van der Waals surface area contributed by atoms with Crippen molar-refractivity contribution in [2.24, 2.45) is 0 Å². The molecule has 1 unspecified atom stereocenters. The van der Waals surface area contributed by atoms with Crippen molar-refractivity contribution >= 4 is 17.8 Å². The molecule has 0 radical (unpaired) electrons. The van der Waals surface area contributed by atoms with E-state index >= 15 is 0 Å². The Hall–Kier alpha value is -2.45. The first-order chi connectivity index (χ1) is 13.5. The molecule has 2 aliphatic rings. The van der Waals surface area contributed by atoms with Crippen LogP contribution >= 0.6 is 0 Å². The van der Waals surface area contributed by atoms with Crippen molar-refractivity contribution in [2.45, 2.75) is 31.8 Å². The largest absolute Gasteiger partial charge is 0.480 e. The molecule has 2 amide bonds. The van der Waals surface area contributed by atoms with Gasteiger partial charge in [-0.05, 0) is 37.1 Å². The van der Waals surface area contributed by atoms with E-state index in [4.69, 9.17) is 4.74 Å². The SMILES string of the molecule is O=C(CN1CCCCC1C(=O)O)NCc1ccc(C(=O)N2CCOCC2)cc1. The lowest BCUT2D eigenvalue weighted by molar-refractivity contribution is -0.145. The fourth-order valence-corrected chi connectivity index (χ4v) is 3.62. The second-order valence-electron chi connectivity index (χ2n) is 7.20. The molecule has 2 heterocycles. The molecule has 0 spiro atoms. The fourth-order valence-electron chi connectivity index (χ4n) is 3.62. The Morgan fingerprint density at radius 3 is 2.46 bits per heavy atom. The number of hydrogen-bond acceptors (Lipinski definition) is 5. The second kappa shape index (κ2) is 9.66. The molecule has 2 saturated heterocycles. The highest BCUT2D eigenvalue weighted by Crippen LogP contribution is 2.16. The van der Waals surface area contributed by atoms with Crippen molar-refractivity contribution in [1.82, 2.24) is 15.1 Å². The molecule has 1 aromatic rings. The van der Waals surface area contributed by atoms with Crippen molar-refractivity contribution in [3.05, 3.63) is 35.4 Å². The van der Waals surface area contributed by atoms with Crippen LogP contribution < -0.4 is 5.32 Å². The zero-order valence-electron chi connectivity index (χ0n) is 15.9. The molecule has 3 rings (SSSR count). The molecule has 1 atom stereocenters. The third kappa shape index (κ3) is 5.30. The minimum atomic E-state index is -0.868. The number of morpholine rings is 1. The topological polar surface area (TPSA) is 99.2 Å². The van der Waals surface area contributed by atoms with Gasteiger partial charge in [0.15, 0.2) is 0 Å². The number of rotatable bonds is 6. The Labute approximate surface area is 164 Å². The third-order valence-corrected chi connectivity index (χ3v) is 5.23. The van der Waals surface area contributed by atoms with Crippen LogP contribution in [-0.4, -0.2) is 78.1 Å². The van der Waals surface area contributed by atoms with Gasteiger partial charge >= 0.3 is 5.97 Å². The Morgan fingerprint density at radius 1 is 1.07 bits per heavy atom. The van der Waals surface area contributed by atoms with E-state index in [0.717, 1.165) is 18.4 Å². The van der Waals surface area contributed by atoms with Gasteiger partial charge in [-0.1, -0.05) is 18.6 Å². The number of aliphatic carboxylic acids is 1. The average Bonchev–Trinajstić information content (AvgIpc) is 2.73. The summed E-state index contributed by atoms with van der Waals surface area (Å²) >= 11 is 0. The Balaban J connectivity index is 1.48. The standard InChI is InChI=1S/C20H27N3O5/c24-18(14-23-8-2-1-3-17(23)20(26)27)21-13-15-4-6-16(7-5-15)19(25)22-9-11-28-12-10-22/h4-7,17H,1-3,8-14H2,(H,21,24)(H,26,27). The molecule has 0 bridgehead atoms. The molecule has 0 saturated carbocycles. The van der Waals surface area contributed by atoms with Crippen LogP contribution in [0, 0.1) is 0 Å². The highest BCUT2D eigenvalue weighted by Gasteiger charge is 2.29. The van der Waals surface area contributed by atoms with Gasteiger partial charge in [0, 0.05) is 25.2 Å². The van der Waals surface area contributed by atoms with Crippen LogP contribution in [0.1, 0.15) is 35.2 Å². The lowest BCUT2D eigenvalue weighted by Gasteiger charge is -2.32. The van der Waals surface area contributed by atoms with Crippen LogP contribution in [0.4, 0.5) is 0 Å². The predicted molar refractivity (Wildman–Crippen MR) is 102 cm³/mol. The molecule has 2 fully saturated rings. The van der Waals surface area contributed by atoms with Gasteiger partial charge in [0.05, 0.1) is 19.8 Å². The van der Waals surface area contributed by atoms with Crippen LogP contribution in [0.3, 0.4) is 0 Å². The number of ether oxygens (including phenoxy) is 1. The first-order valence-electron chi connectivity index (χ1n) is 9.74. The highest BCUT2D eigenvalue weighted by molar-refractivity contribution is 5.94. The molecule has 28 heavy (non-hydrogen) atoms. The van der Waals surface area contributed by atoms with E-state index in [2.05, 4.69) is 5.32 Å².